The second-order valence-electron chi connectivity index (χ2n) is 16.6. The Morgan fingerprint density at radius 2 is 1.80 bits per heavy atom. The first-order chi connectivity index (χ1) is 24.1. The molecule has 10 nitrogen and oxygen atoms in total. The van der Waals surface area contributed by atoms with Crippen molar-refractivity contribution >= 4 is 17.9 Å². The Morgan fingerprint density at radius 3 is 2.58 bits per heavy atom. The van der Waals surface area contributed by atoms with Crippen LogP contribution in [0.2, 0.25) is 0 Å². The molecule has 6 unspecified atom stereocenters. The van der Waals surface area contributed by atoms with Crippen LogP contribution in [0.5, 0.6) is 0 Å². The molecule has 282 valence electrons. The van der Waals surface area contributed by atoms with Crippen LogP contribution < -0.4 is 16.4 Å². The van der Waals surface area contributed by atoms with Gasteiger partial charge in [-0.3, -0.25) is 9.59 Å². The zero-order valence-corrected chi connectivity index (χ0v) is 30.4. The van der Waals surface area contributed by atoms with Crippen molar-refractivity contribution in [1.82, 2.24) is 10.6 Å². The number of methoxy groups -OCH3 is 1. The van der Waals surface area contributed by atoms with E-state index in [1.165, 1.54) is 6.42 Å². The Balaban J connectivity index is 1.19. The fourth-order valence-corrected chi connectivity index (χ4v) is 10.2. The van der Waals surface area contributed by atoms with Gasteiger partial charge in [-0.15, -0.1) is 0 Å². The summed E-state index contributed by atoms with van der Waals surface area (Å²) in [6.07, 6.45) is 11.6. The number of carbonyl (C=O) groups is 3. The molecule has 0 aromatic carbocycles. The third kappa shape index (κ3) is 10.9. The lowest BCUT2D eigenvalue weighted by molar-refractivity contribution is -0.125. The van der Waals surface area contributed by atoms with Gasteiger partial charge < -0.3 is 41.2 Å². The summed E-state index contributed by atoms with van der Waals surface area (Å²) < 4.78 is 5.63. The topological polar surface area (TPSA) is 171 Å². The van der Waals surface area contributed by atoms with E-state index in [2.05, 4.69) is 22.5 Å². The maximum atomic E-state index is 13.6. The van der Waals surface area contributed by atoms with Gasteiger partial charge in [0, 0.05) is 44.8 Å². The number of aldehydes is 1. The number of hydrogen-bond donors (Lipinski definition) is 6. The van der Waals surface area contributed by atoms with Crippen LogP contribution in [0.15, 0.2) is 0 Å². The zero-order chi connectivity index (χ0) is 35.6. The van der Waals surface area contributed by atoms with Crippen molar-refractivity contribution < 1.29 is 34.4 Å². The molecular weight excluding hydrogens is 634 g/mol. The summed E-state index contributed by atoms with van der Waals surface area (Å²) in [4.78, 5) is 37.0. The fourth-order valence-electron chi connectivity index (χ4n) is 10.2. The summed E-state index contributed by atoms with van der Waals surface area (Å²) in [5.74, 6) is 7.99. The summed E-state index contributed by atoms with van der Waals surface area (Å²) in [6, 6.07) is 0.347. The molecular formula is C40H65N3O7. The number of piperidine rings is 2. The molecule has 14 atom stereocenters. The molecule has 0 bridgehead atoms. The predicted molar refractivity (Wildman–Crippen MR) is 191 cm³/mol. The molecule has 0 aromatic heterocycles. The Labute approximate surface area is 299 Å². The van der Waals surface area contributed by atoms with E-state index in [0.29, 0.717) is 100 Å². The molecule has 2 saturated carbocycles. The number of aliphatic hydroxyl groups is 3. The van der Waals surface area contributed by atoms with E-state index >= 15 is 0 Å². The fraction of sp³-hybridized carbons (Fsp3) is 0.875. The number of nitrogens with two attached hydrogens (primary N) is 1. The van der Waals surface area contributed by atoms with Gasteiger partial charge in [-0.2, -0.15) is 0 Å². The van der Waals surface area contributed by atoms with Crippen molar-refractivity contribution in [3.8, 4) is 11.8 Å². The van der Waals surface area contributed by atoms with Gasteiger partial charge in [0.2, 0.25) is 0 Å². The summed E-state index contributed by atoms with van der Waals surface area (Å²) in [5, 5.41) is 40.4. The first kappa shape index (κ1) is 39.5. The molecule has 0 spiro atoms. The normalized spacial score (nSPS) is 38.2. The highest BCUT2D eigenvalue weighted by molar-refractivity contribution is 5.84. The minimum Gasteiger partial charge on any atom is -0.393 e. The second kappa shape index (κ2) is 19.4. The Kier molecular flexibility index (Phi) is 15.3. The molecule has 0 aromatic rings. The monoisotopic (exact) mass is 699 g/mol. The standard InChI is InChI=1S/C40H65N3O7/c1-50-39-20-29-9-13-37(48)33(36(47)5-3-2-4-25-18-30-7-11-32(46)22-35(30)43-24-25)12-8-26(34(29)23-38(39)49)6-10-31(45)19-28(15-17-44)27-14-16-42-40(41)21-27/h17,25-31,33-36,38-40,42-43,45,47,49H,2-7,9-11,13-16,18-24,41H2,1H3/t25-,26-,27?,28+,29?,30+,31+,33-,34?,35-,36-,38?,39?,40?/m1/s1. The van der Waals surface area contributed by atoms with Gasteiger partial charge in [0.05, 0.1) is 30.6 Å². The SMILES string of the molecule is COC1CC2CCC(=O)[C@@H]([C@H](O)CCCC[C@H]3CN[C@@H]4CC(=O)CC[C@H]4C3)C#C[C@@H](CC[C@H](O)C[C@H](CC=O)C3CCNC(N)C3)C2CC1O. The van der Waals surface area contributed by atoms with Crippen molar-refractivity contribution in [2.75, 3.05) is 20.2 Å². The number of ketones is 2. The predicted octanol–water partition coefficient (Wildman–Crippen LogP) is 3.28. The quantitative estimate of drug-likeness (QED) is 0.0847. The highest BCUT2D eigenvalue weighted by Gasteiger charge is 2.41. The molecule has 0 amide bonds. The van der Waals surface area contributed by atoms with E-state index in [1.807, 2.05) is 0 Å². The average Bonchev–Trinajstić information content (AvgIpc) is 3.16. The maximum Gasteiger partial charge on any atom is 0.150 e. The first-order valence-electron chi connectivity index (χ1n) is 19.9. The number of unbranched alkanes of at least 4 members (excludes halogenated alkanes) is 1. The van der Waals surface area contributed by atoms with E-state index < -0.39 is 24.2 Å². The smallest absolute Gasteiger partial charge is 0.150 e. The van der Waals surface area contributed by atoms with Gasteiger partial charge in [0.25, 0.3) is 0 Å². The van der Waals surface area contributed by atoms with Gasteiger partial charge in [0.1, 0.15) is 23.8 Å². The van der Waals surface area contributed by atoms with Gasteiger partial charge in [-0.1, -0.05) is 24.7 Å². The lowest BCUT2D eigenvalue weighted by Crippen LogP contribution is -2.48. The van der Waals surface area contributed by atoms with Crippen molar-refractivity contribution in [2.24, 2.45) is 53.1 Å². The Bertz CT molecular complexity index is 1170. The average molecular weight is 700 g/mol. The highest BCUT2D eigenvalue weighted by Crippen LogP contribution is 2.42. The molecule has 0 radical (unpaired) electrons. The van der Waals surface area contributed by atoms with Crippen LogP contribution in [-0.4, -0.2) is 90.0 Å². The van der Waals surface area contributed by atoms with Gasteiger partial charge in [-0.05, 0) is 126 Å². The van der Waals surface area contributed by atoms with Crippen molar-refractivity contribution in [2.45, 2.75) is 152 Å². The van der Waals surface area contributed by atoms with Gasteiger partial charge in [0.15, 0.2) is 0 Å². The number of fused-ring (bicyclic) bond motifs is 2. The maximum absolute atomic E-state index is 13.6. The molecule has 2 saturated heterocycles. The number of hydrogen-bond acceptors (Lipinski definition) is 10. The van der Waals surface area contributed by atoms with E-state index in [1.54, 1.807) is 7.11 Å². The number of Topliss-reactive ketones (excluding diaryl/α,β-unsaturated/α-hetero) is 2. The number of ether oxygens (including phenoxy) is 1. The number of rotatable bonds is 15. The number of nitrogens with one attached hydrogen (secondary N) is 2. The van der Waals surface area contributed by atoms with E-state index in [-0.39, 0.29) is 41.7 Å². The third-order valence-corrected chi connectivity index (χ3v) is 13.2. The minimum atomic E-state index is -0.822. The lowest BCUT2D eigenvalue weighted by Gasteiger charge is -2.41. The molecule has 3 aliphatic carbocycles. The third-order valence-electron chi connectivity index (χ3n) is 13.2. The van der Waals surface area contributed by atoms with Crippen LogP contribution in [0.1, 0.15) is 116 Å². The van der Waals surface area contributed by atoms with Crippen LogP contribution in [0, 0.1) is 59.2 Å². The summed E-state index contributed by atoms with van der Waals surface area (Å²) in [7, 11) is 1.62. The van der Waals surface area contributed by atoms with Gasteiger partial charge in [-0.25, -0.2) is 0 Å². The van der Waals surface area contributed by atoms with Crippen LogP contribution in [0.25, 0.3) is 0 Å². The molecule has 5 rings (SSSR count). The summed E-state index contributed by atoms with van der Waals surface area (Å²) >= 11 is 0. The van der Waals surface area contributed by atoms with Crippen LogP contribution >= 0.6 is 0 Å². The van der Waals surface area contributed by atoms with Crippen molar-refractivity contribution in [3.05, 3.63) is 0 Å². The van der Waals surface area contributed by atoms with E-state index in [0.717, 1.165) is 57.9 Å². The summed E-state index contributed by atoms with van der Waals surface area (Å²) in [5.41, 5.74) is 6.15. The van der Waals surface area contributed by atoms with Crippen LogP contribution in [0.4, 0.5) is 0 Å². The van der Waals surface area contributed by atoms with Crippen molar-refractivity contribution in [1.29, 1.82) is 0 Å². The Hall–Kier alpha value is -1.71. The molecule has 2 aliphatic heterocycles. The van der Waals surface area contributed by atoms with Crippen LogP contribution in [0.3, 0.4) is 0 Å². The van der Waals surface area contributed by atoms with E-state index in [9.17, 15) is 29.7 Å². The van der Waals surface area contributed by atoms with Crippen LogP contribution in [-0.2, 0) is 19.1 Å². The molecule has 5 aliphatic rings. The lowest BCUT2D eigenvalue weighted by atomic mass is 9.67. The highest BCUT2D eigenvalue weighted by atomic mass is 16.5. The molecule has 50 heavy (non-hydrogen) atoms. The molecule has 10 heteroatoms. The summed E-state index contributed by atoms with van der Waals surface area (Å²) in [6.45, 7) is 1.77. The Morgan fingerprint density at radius 1 is 0.980 bits per heavy atom. The molecule has 7 N–H and O–H groups in total. The number of carbonyl (C=O) groups excluding carboxylic acids is 3. The molecule has 4 fully saturated rings. The first-order valence-corrected chi connectivity index (χ1v) is 19.9. The van der Waals surface area contributed by atoms with Crippen molar-refractivity contribution in [3.63, 3.8) is 0 Å². The molecule has 2 heterocycles. The van der Waals surface area contributed by atoms with E-state index in [4.69, 9.17) is 10.5 Å². The largest absolute Gasteiger partial charge is 0.393 e. The van der Waals surface area contributed by atoms with Gasteiger partial charge >= 0.3 is 0 Å². The zero-order valence-electron chi connectivity index (χ0n) is 30.4. The number of aliphatic hydroxyl groups excluding tert-OH is 3. The second-order valence-corrected chi connectivity index (χ2v) is 16.6. The minimum absolute atomic E-state index is 0.00391.